The topological polar surface area (TPSA) is 57.2 Å². The van der Waals surface area contributed by atoms with Gasteiger partial charge in [-0.1, -0.05) is 31.4 Å². The summed E-state index contributed by atoms with van der Waals surface area (Å²) in [6, 6.07) is 7.19. The highest BCUT2D eigenvalue weighted by atomic mass is 32.2. The number of hydrogen-bond acceptors (Lipinski definition) is 3. The molecule has 1 aromatic rings. The third kappa shape index (κ3) is 8.31. The molecule has 0 atom stereocenters. The third-order valence-corrected chi connectivity index (χ3v) is 3.13. The van der Waals surface area contributed by atoms with Crippen LogP contribution in [0.3, 0.4) is 0 Å². The van der Waals surface area contributed by atoms with Crippen molar-refractivity contribution in [2.75, 3.05) is 27.2 Å². The van der Waals surface area contributed by atoms with Gasteiger partial charge in [-0.15, -0.1) is 0 Å². The van der Waals surface area contributed by atoms with Crippen LogP contribution in [0.1, 0.15) is 0 Å². The standard InChI is InChI=1S/C8H16N.C6H6O3S/c1-5-7-9(3,4)8-6-2;7-10(8,9)6-4-2-1-3-5-6/h5-6H,1-2,7-8H2,3-4H3;1-5H,(H,7,8,9)/q+1;/p-1. The summed E-state index contributed by atoms with van der Waals surface area (Å²) in [7, 11) is 0.0594. The molecule has 19 heavy (non-hydrogen) atoms. The molecule has 0 bridgehead atoms. The zero-order chi connectivity index (χ0) is 14.9. The molecule has 5 heteroatoms. The van der Waals surface area contributed by atoms with Crippen LogP contribution < -0.4 is 0 Å². The Balaban J connectivity index is 0.000000344. The van der Waals surface area contributed by atoms with Crippen molar-refractivity contribution in [1.82, 2.24) is 0 Å². The second kappa shape index (κ2) is 7.89. The van der Waals surface area contributed by atoms with Crippen molar-refractivity contribution < 1.29 is 17.5 Å². The van der Waals surface area contributed by atoms with Crippen molar-refractivity contribution in [3.63, 3.8) is 0 Å². The van der Waals surface area contributed by atoms with Crippen molar-refractivity contribution >= 4 is 10.1 Å². The smallest absolute Gasteiger partial charge is 0.124 e. The average Bonchev–Trinajstić information content (AvgIpc) is 2.29. The van der Waals surface area contributed by atoms with E-state index in [2.05, 4.69) is 27.3 Å². The summed E-state index contributed by atoms with van der Waals surface area (Å²) < 4.78 is 31.8. The highest BCUT2D eigenvalue weighted by Gasteiger charge is 2.07. The molecular formula is C14H21NO3S. The van der Waals surface area contributed by atoms with Crippen LogP contribution in [-0.2, 0) is 10.1 Å². The molecule has 0 spiro atoms. The van der Waals surface area contributed by atoms with Gasteiger partial charge in [-0.05, 0) is 24.3 Å². The molecule has 0 aliphatic rings. The van der Waals surface area contributed by atoms with E-state index in [-0.39, 0.29) is 4.90 Å². The Bertz CT molecular complexity index is 481. The third-order valence-electron chi connectivity index (χ3n) is 2.28. The Kier molecular flexibility index (Phi) is 7.29. The maximum atomic E-state index is 10.3. The molecule has 1 rings (SSSR count). The molecule has 0 heterocycles. The van der Waals surface area contributed by atoms with E-state index >= 15 is 0 Å². The first-order valence-corrected chi connectivity index (χ1v) is 7.18. The molecule has 0 unspecified atom stereocenters. The van der Waals surface area contributed by atoms with Gasteiger partial charge in [0, 0.05) is 0 Å². The van der Waals surface area contributed by atoms with E-state index in [4.69, 9.17) is 0 Å². The van der Waals surface area contributed by atoms with Crippen LogP contribution >= 0.6 is 0 Å². The van der Waals surface area contributed by atoms with E-state index in [1.807, 2.05) is 12.2 Å². The molecule has 0 aliphatic carbocycles. The minimum atomic E-state index is -4.25. The van der Waals surface area contributed by atoms with Gasteiger partial charge in [0.25, 0.3) is 0 Å². The fourth-order valence-corrected chi connectivity index (χ4v) is 1.85. The molecule has 0 N–H and O–H groups in total. The van der Waals surface area contributed by atoms with E-state index < -0.39 is 10.1 Å². The van der Waals surface area contributed by atoms with Gasteiger partial charge in [0.1, 0.15) is 10.1 Å². The van der Waals surface area contributed by atoms with Gasteiger partial charge in [0.15, 0.2) is 0 Å². The fraction of sp³-hybridized carbons (Fsp3) is 0.286. The molecule has 0 radical (unpaired) electrons. The first kappa shape index (κ1) is 17.6. The quantitative estimate of drug-likeness (QED) is 0.472. The second-order valence-electron chi connectivity index (χ2n) is 4.65. The van der Waals surface area contributed by atoms with Crippen LogP contribution in [0.4, 0.5) is 0 Å². The summed E-state index contributed by atoms with van der Waals surface area (Å²) >= 11 is 0. The Hall–Kier alpha value is -1.43. The summed E-state index contributed by atoms with van der Waals surface area (Å²) in [6.07, 6.45) is 3.87. The molecule has 0 aromatic heterocycles. The predicted molar refractivity (Wildman–Crippen MR) is 76.6 cm³/mol. The van der Waals surface area contributed by atoms with Crippen LogP contribution in [-0.4, -0.2) is 44.6 Å². The molecule has 106 valence electrons. The van der Waals surface area contributed by atoms with Crippen molar-refractivity contribution in [3.05, 3.63) is 55.6 Å². The molecular weight excluding hydrogens is 262 g/mol. The molecule has 0 amide bonds. The number of nitrogens with zero attached hydrogens (tertiary/aromatic N) is 1. The first-order valence-electron chi connectivity index (χ1n) is 5.77. The van der Waals surface area contributed by atoms with Crippen LogP contribution in [0.25, 0.3) is 0 Å². The van der Waals surface area contributed by atoms with E-state index in [1.165, 1.54) is 24.3 Å². The molecule has 0 saturated carbocycles. The van der Waals surface area contributed by atoms with Crippen LogP contribution in [0.15, 0.2) is 60.5 Å². The Morgan fingerprint density at radius 2 is 1.53 bits per heavy atom. The van der Waals surface area contributed by atoms with E-state index in [0.717, 1.165) is 17.6 Å². The number of quaternary nitrogens is 1. The average molecular weight is 283 g/mol. The Labute approximate surface area is 116 Å². The maximum absolute atomic E-state index is 10.3. The maximum Gasteiger partial charge on any atom is 0.124 e. The number of benzene rings is 1. The largest absolute Gasteiger partial charge is 0.744 e. The molecule has 1 aromatic carbocycles. The Morgan fingerprint density at radius 3 is 1.79 bits per heavy atom. The minimum Gasteiger partial charge on any atom is -0.744 e. The van der Waals surface area contributed by atoms with Crippen LogP contribution in [0.5, 0.6) is 0 Å². The summed E-state index contributed by atoms with van der Waals surface area (Å²) in [5.74, 6) is 0. The van der Waals surface area contributed by atoms with Crippen molar-refractivity contribution in [2.45, 2.75) is 4.90 Å². The van der Waals surface area contributed by atoms with Crippen LogP contribution in [0, 0.1) is 0 Å². The van der Waals surface area contributed by atoms with Gasteiger partial charge in [-0.25, -0.2) is 8.42 Å². The number of rotatable bonds is 5. The van der Waals surface area contributed by atoms with E-state index in [9.17, 15) is 13.0 Å². The molecule has 0 aliphatic heterocycles. The predicted octanol–water partition coefficient (Wildman–Crippen LogP) is 2.03. The number of hydrogen-bond donors (Lipinski definition) is 0. The van der Waals surface area contributed by atoms with E-state index in [0.29, 0.717) is 0 Å². The first-order chi connectivity index (χ1) is 8.73. The zero-order valence-corrected chi connectivity index (χ0v) is 12.3. The second-order valence-corrected chi connectivity index (χ2v) is 6.03. The SMILES string of the molecule is C=CC[N+](C)(C)CC=C.O=S(=O)([O-])c1ccccc1. The molecule has 0 saturated heterocycles. The lowest BCUT2D eigenvalue weighted by molar-refractivity contribution is -0.878. The van der Waals surface area contributed by atoms with Crippen molar-refractivity contribution in [1.29, 1.82) is 0 Å². The van der Waals surface area contributed by atoms with Gasteiger partial charge in [0.05, 0.1) is 32.1 Å². The zero-order valence-electron chi connectivity index (χ0n) is 11.5. The van der Waals surface area contributed by atoms with Crippen molar-refractivity contribution in [3.8, 4) is 0 Å². The fourth-order valence-electron chi connectivity index (χ4n) is 1.36. The van der Waals surface area contributed by atoms with Gasteiger partial charge < -0.3 is 9.04 Å². The number of likely N-dealkylation sites (N-methyl/N-ethyl adjacent to an activating group) is 1. The van der Waals surface area contributed by atoms with Gasteiger partial charge in [0.2, 0.25) is 0 Å². The van der Waals surface area contributed by atoms with Crippen molar-refractivity contribution in [2.24, 2.45) is 0 Å². The summed E-state index contributed by atoms with van der Waals surface area (Å²) in [5.41, 5.74) is 0. The van der Waals surface area contributed by atoms with Crippen LogP contribution in [0.2, 0.25) is 0 Å². The summed E-state index contributed by atoms with van der Waals surface area (Å²) in [6.45, 7) is 9.37. The van der Waals surface area contributed by atoms with E-state index in [1.54, 1.807) is 6.07 Å². The monoisotopic (exact) mass is 283 g/mol. The summed E-state index contributed by atoms with van der Waals surface area (Å²) in [5, 5.41) is 0. The normalized spacial score (nSPS) is 11.1. The minimum absolute atomic E-state index is 0.185. The van der Waals surface area contributed by atoms with Gasteiger partial charge in [-0.2, -0.15) is 0 Å². The lowest BCUT2D eigenvalue weighted by atomic mass is 10.4. The Morgan fingerprint density at radius 1 is 1.11 bits per heavy atom. The highest BCUT2D eigenvalue weighted by molar-refractivity contribution is 7.85. The molecule has 4 nitrogen and oxygen atoms in total. The van der Waals surface area contributed by atoms with Gasteiger partial charge in [-0.3, -0.25) is 0 Å². The van der Waals surface area contributed by atoms with Gasteiger partial charge >= 0.3 is 0 Å². The lowest BCUT2D eigenvalue weighted by Crippen LogP contribution is -2.39. The highest BCUT2D eigenvalue weighted by Crippen LogP contribution is 2.04. The lowest BCUT2D eigenvalue weighted by Gasteiger charge is -2.26. The molecule has 0 fully saturated rings. The summed E-state index contributed by atoms with van der Waals surface area (Å²) in [4.78, 5) is -0.185.